The predicted octanol–water partition coefficient (Wildman–Crippen LogP) is -0.413. The molecule has 2 N–H and O–H groups in total. The summed E-state index contributed by atoms with van der Waals surface area (Å²) in [5.74, 6) is 0. The monoisotopic (exact) mass is 549 g/mol. The van der Waals surface area contributed by atoms with Gasteiger partial charge in [0.15, 0.2) is 6.54 Å². The smallest absolute Gasteiger partial charge is 0.201 e. The molecule has 166 valence electrons. The van der Waals surface area contributed by atoms with Gasteiger partial charge in [-0.15, -0.1) is 11.3 Å². The van der Waals surface area contributed by atoms with Gasteiger partial charge in [-0.05, 0) is 50.1 Å². The van der Waals surface area contributed by atoms with E-state index in [1.165, 1.54) is 44.6 Å². The van der Waals surface area contributed by atoms with E-state index in [1.54, 1.807) is 0 Å². The maximum absolute atomic E-state index is 5.13. The standard InChI is InChI=1S/C24H32N5S.HI/c1-17-13-19(28-9-3-5-25-7-11-28)15-21-23(17)27-24-18(2)14-20(16-22(24)30-21)29-10-4-6-26-8-12-29;/h13-16,25-26H,3-12H2,1-2H3;1H/q+1;/p-1. The minimum atomic E-state index is 0. The highest BCUT2D eigenvalue weighted by atomic mass is 127. The van der Waals surface area contributed by atoms with E-state index in [0.29, 0.717) is 0 Å². The second-order valence-corrected chi connectivity index (χ2v) is 9.70. The van der Waals surface area contributed by atoms with Gasteiger partial charge in [0.1, 0.15) is 6.54 Å². The number of aromatic nitrogens is 1. The molecule has 1 aromatic rings. The number of hydrogen-bond acceptors (Lipinski definition) is 5. The normalized spacial score (nSPS) is 19.7. The van der Waals surface area contributed by atoms with Crippen LogP contribution in [0.4, 0.5) is 5.69 Å². The first-order valence-corrected chi connectivity index (χ1v) is 12.1. The van der Waals surface area contributed by atoms with E-state index in [1.807, 2.05) is 11.3 Å². The molecular weight excluding hydrogens is 517 g/mol. The SMILES string of the molecule is Cc1cc(=[N+]2CCCNCC2)cc2sc3cc(N4CCCNCC4)cc(C)c3nc1-2.[I-]. The lowest BCUT2D eigenvalue weighted by molar-refractivity contribution is -0.00000614. The van der Waals surface area contributed by atoms with Gasteiger partial charge in [0.25, 0.3) is 0 Å². The molecule has 3 heterocycles. The van der Waals surface area contributed by atoms with E-state index in [4.69, 9.17) is 4.98 Å². The molecule has 31 heavy (non-hydrogen) atoms. The molecule has 4 aliphatic rings. The minimum absolute atomic E-state index is 0. The van der Waals surface area contributed by atoms with Gasteiger partial charge in [0.05, 0.1) is 27.3 Å². The second-order valence-electron chi connectivity index (χ2n) is 8.61. The zero-order valence-electron chi connectivity index (χ0n) is 18.5. The van der Waals surface area contributed by atoms with Crippen LogP contribution < -0.4 is 49.4 Å². The Balaban J connectivity index is 0.00000231. The lowest BCUT2D eigenvalue weighted by Crippen LogP contribution is -3.00. The molecule has 2 fully saturated rings. The van der Waals surface area contributed by atoms with Crippen molar-refractivity contribution < 1.29 is 24.0 Å². The van der Waals surface area contributed by atoms with E-state index in [9.17, 15) is 0 Å². The first-order valence-electron chi connectivity index (χ1n) is 11.3. The van der Waals surface area contributed by atoms with Crippen molar-refractivity contribution in [1.29, 1.82) is 0 Å². The van der Waals surface area contributed by atoms with Crippen molar-refractivity contribution in [2.24, 2.45) is 0 Å². The number of hydrogen-bond donors (Lipinski definition) is 2. The zero-order chi connectivity index (χ0) is 20.5. The molecule has 0 atom stereocenters. The van der Waals surface area contributed by atoms with E-state index in [-0.39, 0.29) is 24.0 Å². The van der Waals surface area contributed by atoms with Gasteiger partial charge in [-0.3, -0.25) is 0 Å². The summed E-state index contributed by atoms with van der Waals surface area (Å²) in [7, 11) is 0. The summed E-state index contributed by atoms with van der Waals surface area (Å²) in [6.45, 7) is 13.2. The number of anilines is 1. The Morgan fingerprint density at radius 1 is 0.903 bits per heavy atom. The number of aryl methyl sites for hydroxylation is 2. The second kappa shape index (κ2) is 10.1. The molecule has 1 aliphatic carbocycles. The first kappa shape index (κ1) is 22.9. The maximum atomic E-state index is 5.13. The number of halogens is 1. The van der Waals surface area contributed by atoms with E-state index in [2.05, 4.69) is 58.2 Å². The van der Waals surface area contributed by atoms with Crippen molar-refractivity contribution in [3.63, 3.8) is 0 Å². The molecule has 5 nitrogen and oxygen atoms in total. The van der Waals surface area contributed by atoms with Crippen LogP contribution in [-0.2, 0) is 0 Å². The summed E-state index contributed by atoms with van der Waals surface area (Å²) < 4.78 is 3.82. The molecule has 7 heteroatoms. The van der Waals surface area contributed by atoms with E-state index in [0.717, 1.165) is 63.6 Å². The Morgan fingerprint density at radius 3 is 2.65 bits per heavy atom. The molecule has 0 aromatic heterocycles. The molecule has 1 aromatic carbocycles. The first-order chi connectivity index (χ1) is 14.7. The average Bonchev–Trinajstić information content (AvgIpc) is 3.18. The van der Waals surface area contributed by atoms with Crippen LogP contribution in [0.5, 0.6) is 0 Å². The van der Waals surface area contributed by atoms with Gasteiger partial charge in [0.2, 0.25) is 5.36 Å². The number of fused-ring (bicyclic) bond motifs is 2. The Bertz CT molecular complexity index is 1090. The average molecular weight is 550 g/mol. The molecule has 2 saturated heterocycles. The summed E-state index contributed by atoms with van der Waals surface area (Å²) >= 11 is 1.90. The molecule has 0 bridgehead atoms. The van der Waals surface area contributed by atoms with Crippen molar-refractivity contribution >= 4 is 27.2 Å². The van der Waals surface area contributed by atoms with Crippen LogP contribution in [0, 0.1) is 13.8 Å². The summed E-state index contributed by atoms with van der Waals surface area (Å²) in [6.07, 6.45) is 2.40. The van der Waals surface area contributed by atoms with Crippen molar-refractivity contribution in [3.05, 3.63) is 40.7 Å². The van der Waals surface area contributed by atoms with Gasteiger partial charge in [-0.25, -0.2) is 9.56 Å². The topological polar surface area (TPSA) is 43.2 Å². The molecular formula is C24H32IN5S. The third-order valence-electron chi connectivity index (χ3n) is 6.35. The molecule has 3 aliphatic heterocycles. The van der Waals surface area contributed by atoms with Gasteiger partial charge in [-0.2, -0.15) is 0 Å². The number of nitrogens with one attached hydrogen (secondary N) is 2. The summed E-state index contributed by atoms with van der Waals surface area (Å²) in [6, 6.07) is 9.38. The lowest BCUT2D eigenvalue weighted by atomic mass is 10.1. The number of nitrogens with zero attached hydrogens (tertiary/aromatic N) is 3. The van der Waals surface area contributed by atoms with Crippen LogP contribution in [0.15, 0.2) is 24.3 Å². The number of rotatable bonds is 1. The molecule has 0 unspecified atom stereocenters. The quantitative estimate of drug-likeness (QED) is 0.246. The Kier molecular flexibility index (Phi) is 7.46. The van der Waals surface area contributed by atoms with Crippen LogP contribution in [0.2, 0.25) is 0 Å². The Hall–Kier alpha value is -1.29. The fourth-order valence-corrected chi connectivity index (χ4v) is 5.91. The van der Waals surface area contributed by atoms with Gasteiger partial charge < -0.3 is 39.5 Å². The van der Waals surface area contributed by atoms with Crippen LogP contribution in [0.25, 0.3) is 20.8 Å². The summed E-state index contributed by atoms with van der Waals surface area (Å²) in [5, 5.41) is 8.36. The van der Waals surface area contributed by atoms with Gasteiger partial charge in [0, 0.05) is 50.4 Å². The van der Waals surface area contributed by atoms with Crippen molar-refractivity contribution in [3.8, 4) is 10.6 Å². The summed E-state index contributed by atoms with van der Waals surface area (Å²) in [5.41, 5.74) is 6.20. The minimum Gasteiger partial charge on any atom is -1.00 e. The zero-order valence-corrected chi connectivity index (χ0v) is 21.5. The third-order valence-corrected chi connectivity index (χ3v) is 7.42. The molecule has 0 radical (unpaired) electrons. The Labute approximate surface area is 205 Å². The fraction of sp³-hybridized carbons (Fsp3) is 0.500. The molecule has 0 amide bonds. The van der Waals surface area contributed by atoms with Crippen LogP contribution in [-0.4, -0.2) is 57.3 Å². The highest BCUT2D eigenvalue weighted by Gasteiger charge is 2.18. The predicted molar refractivity (Wildman–Crippen MR) is 128 cm³/mol. The lowest BCUT2D eigenvalue weighted by Gasteiger charge is -2.23. The van der Waals surface area contributed by atoms with Gasteiger partial charge in [-0.1, -0.05) is 0 Å². The van der Waals surface area contributed by atoms with Crippen LogP contribution in [0.1, 0.15) is 24.0 Å². The highest BCUT2D eigenvalue weighted by molar-refractivity contribution is 7.21. The van der Waals surface area contributed by atoms with Crippen LogP contribution in [0.3, 0.4) is 0 Å². The third kappa shape index (κ3) is 4.89. The molecule has 5 rings (SSSR count). The van der Waals surface area contributed by atoms with Gasteiger partial charge >= 0.3 is 0 Å². The van der Waals surface area contributed by atoms with E-state index < -0.39 is 0 Å². The summed E-state index contributed by atoms with van der Waals surface area (Å²) in [4.78, 5) is 8.95. The van der Waals surface area contributed by atoms with Crippen LogP contribution >= 0.6 is 11.3 Å². The highest BCUT2D eigenvalue weighted by Crippen LogP contribution is 2.35. The maximum Gasteiger partial charge on any atom is 0.201 e. The Morgan fingerprint density at radius 2 is 1.74 bits per heavy atom. The van der Waals surface area contributed by atoms with Crippen molar-refractivity contribution in [1.82, 2.24) is 20.2 Å². The number of benzene rings is 2. The van der Waals surface area contributed by atoms with Crippen molar-refractivity contribution in [2.75, 3.05) is 57.3 Å². The fourth-order valence-electron chi connectivity index (χ4n) is 4.70. The molecule has 0 saturated carbocycles. The van der Waals surface area contributed by atoms with E-state index >= 15 is 0 Å². The largest absolute Gasteiger partial charge is 1.00 e. The van der Waals surface area contributed by atoms with Crippen molar-refractivity contribution in [2.45, 2.75) is 26.7 Å². The molecule has 0 spiro atoms.